The van der Waals surface area contributed by atoms with Gasteiger partial charge in [0.05, 0.1) is 16.5 Å². The maximum atomic E-state index is 12.1. The quantitative estimate of drug-likeness (QED) is 0.811. The van der Waals surface area contributed by atoms with E-state index in [4.69, 9.17) is 10.5 Å². The molecule has 1 amide bonds. The molecule has 0 bridgehead atoms. The van der Waals surface area contributed by atoms with Crippen LogP contribution in [0.5, 0.6) is 5.75 Å². The van der Waals surface area contributed by atoms with Crippen LogP contribution in [0.3, 0.4) is 0 Å². The summed E-state index contributed by atoms with van der Waals surface area (Å²) in [5.41, 5.74) is 6.70. The maximum Gasteiger partial charge on any atom is 0.253 e. The van der Waals surface area contributed by atoms with Crippen molar-refractivity contribution in [3.8, 4) is 5.75 Å². The third-order valence-electron chi connectivity index (χ3n) is 2.79. The summed E-state index contributed by atoms with van der Waals surface area (Å²) in [6.07, 6.45) is 0.797. The molecule has 0 fully saturated rings. The van der Waals surface area contributed by atoms with Crippen molar-refractivity contribution < 1.29 is 9.53 Å². The number of halogens is 1. The number of carbonyl (C=O) groups excluding carboxylic acids is 1. The molecule has 0 saturated carbocycles. The van der Waals surface area contributed by atoms with Crippen molar-refractivity contribution in [2.24, 2.45) is 0 Å². The number of hydrogen-bond acceptors (Lipinski definition) is 4. The molecule has 6 heteroatoms. The van der Waals surface area contributed by atoms with E-state index in [9.17, 15) is 4.79 Å². The third-order valence-corrected chi connectivity index (χ3v) is 4.47. The van der Waals surface area contributed by atoms with E-state index >= 15 is 0 Å². The lowest BCUT2D eigenvalue weighted by atomic mass is 10.1. The second-order valence-corrected chi connectivity index (χ2v) is 6.71. The Morgan fingerprint density at radius 1 is 1.40 bits per heavy atom. The molecule has 0 saturated heterocycles. The van der Waals surface area contributed by atoms with Crippen molar-refractivity contribution in [3.63, 3.8) is 0 Å². The number of amides is 1. The van der Waals surface area contributed by atoms with E-state index in [1.165, 1.54) is 4.88 Å². The third kappa shape index (κ3) is 3.74. The molecule has 2 aromatic rings. The molecule has 3 N–H and O–H groups in total. The van der Waals surface area contributed by atoms with Crippen LogP contribution in [0.4, 0.5) is 5.69 Å². The zero-order chi connectivity index (χ0) is 14.5. The lowest BCUT2D eigenvalue weighted by molar-refractivity contribution is 0.0955. The normalized spacial score (nSPS) is 10.3. The van der Waals surface area contributed by atoms with E-state index < -0.39 is 0 Å². The Hall–Kier alpha value is -1.53. The Balaban J connectivity index is 1.94. The number of nitrogens with one attached hydrogen (secondary N) is 1. The molecule has 0 aliphatic carbocycles. The summed E-state index contributed by atoms with van der Waals surface area (Å²) in [6.45, 7) is 0.572. The first-order chi connectivity index (χ1) is 9.60. The summed E-state index contributed by atoms with van der Waals surface area (Å²) in [5, 5.41) is 2.87. The van der Waals surface area contributed by atoms with Crippen molar-refractivity contribution in [2.45, 2.75) is 6.42 Å². The first-order valence-electron chi connectivity index (χ1n) is 6.06. The largest absolute Gasteiger partial charge is 0.497 e. The van der Waals surface area contributed by atoms with Crippen molar-refractivity contribution >= 4 is 38.9 Å². The van der Waals surface area contributed by atoms with Crippen molar-refractivity contribution in [2.75, 3.05) is 19.4 Å². The molecule has 1 aromatic heterocycles. The van der Waals surface area contributed by atoms with E-state index in [-0.39, 0.29) is 5.91 Å². The van der Waals surface area contributed by atoms with Gasteiger partial charge in [-0.2, -0.15) is 0 Å². The smallest absolute Gasteiger partial charge is 0.253 e. The summed E-state index contributed by atoms with van der Waals surface area (Å²) in [5.74, 6) is 0.434. The number of rotatable bonds is 5. The van der Waals surface area contributed by atoms with Gasteiger partial charge in [-0.05, 0) is 52.7 Å². The number of thiophene rings is 1. The second-order valence-electron chi connectivity index (χ2n) is 4.16. The van der Waals surface area contributed by atoms with Gasteiger partial charge in [0.15, 0.2) is 0 Å². The monoisotopic (exact) mass is 354 g/mol. The predicted octanol–water partition coefficient (Wildman–Crippen LogP) is 3.07. The molecule has 0 spiro atoms. The number of carbonyl (C=O) groups is 1. The molecule has 1 aromatic carbocycles. The number of anilines is 1. The van der Waals surface area contributed by atoms with Crippen LogP contribution in [0.15, 0.2) is 34.1 Å². The second kappa shape index (κ2) is 6.76. The fraction of sp³-hybridized carbons (Fsp3) is 0.214. The van der Waals surface area contributed by atoms with Gasteiger partial charge in [-0.1, -0.05) is 0 Å². The number of hydrogen-bond donors (Lipinski definition) is 2. The topological polar surface area (TPSA) is 64.3 Å². The van der Waals surface area contributed by atoms with E-state index in [0.717, 1.165) is 10.2 Å². The first-order valence-corrected chi connectivity index (χ1v) is 7.67. The van der Waals surface area contributed by atoms with Crippen LogP contribution in [-0.2, 0) is 6.42 Å². The van der Waals surface area contributed by atoms with Crippen LogP contribution in [0.25, 0.3) is 0 Å². The highest BCUT2D eigenvalue weighted by atomic mass is 79.9. The van der Waals surface area contributed by atoms with Crippen LogP contribution in [0.1, 0.15) is 15.2 Å². The van der Waals surface area contributed by atoms with Gasteiger partial charge in [0.25, 0.3) is 5.91 Å². The van der Waals surface area contributed by atoms with Gasteiger partial charge in [0.2, 0.25) is 0 Å². The number of nitrogens with two attached hydrogens (primary N) is 1. The highest BCUT2D eigenvalue weighted by Gasteiger charge is 2.10. The zero-order valence-corrected chi connectivity index (χ0v) is 13.4. The molecule has 2 rings (SSSR count). The predicted molar refractivity (Wildman–Crippen MR) is 85.5 cm³/mol. The molecule has 0 aliphatic rings. The van der Waals surface area contributed by atoms with Gasteiger partial charge in [0, 0.05) is 17.1 Å². The van der Waals surface area contributed by atoms with Gasteiger partial charge in [-0.25, -0.2) is 0 Å². The number of methoxy groups -OCH3 is 1. The van der Waals surface area contributed by atoms with E-state index in [2.05, 4.69) is 21.2 Å². The minimum Gasteiger partial charge on any atom is -0.497 e. The molecular weight excluding hydrogens is 340 g/mol. The molecule has 1 heterocycles. The van der Waals surface area contributed by atoms with E-state index in [1.54, 1.807) is 36.6 Å². The molecule has 0 aliphatic heterocycles. The number of ether oxygens (including phenoxy) is 1. The molecular formula is C14H15BrN2O2S. The van der Waals surface area contributed by atoms with Crippen LogP contribution in [-0.4, -0.2) is 19.6 Å². The Morgan fingerprint density at radius 2 is 2.20 bits per heavy atom. The van der Waals surface area contributed by atoms with Gasteiger partial charge in [-0.15, -0.1) is 11.3 Å². The standard InChI is InChI=1S/C14H15BrN2O2S/c1-19-9-2-4-12(16)11(8-9)14(18)17-7-6-10-3-5-13(15)20-10/h2-5,8H,6-7,16H2,1H3,(H,17,18). The van der Waals surface area contributed by atoms with Crippen molar-refractivity contribution in [1.29, 1.82) is 0 Å². The van der Waals surface area contributed by atoms with Gasteiger partial charge in [-0.3, -0.25) is 4.79 Å². The molecule has 20 heavy (non-hydrogen) atoms. The van der Waals surface area contributed by atoms with Gasteiger partial charge < -0.3 is 15.8 Å². The minimum atomic E-state index is -0.183. The highest BCUT2D eigenvalue weighted by Crippen LogP contribution is 2.22. The Morgan fingerprint density at radius 3 is 2.85 bits per heavy atom. The van der Waals surface area contributed by atoms with Crippen LogP contribution < -0.4 is 15.8 Å². The summed E-state index contributed by atoms with van der Waals surface area (Å²) in [7, 11) is 1.56. The fourth-order valence-electron chi connectivity index (χ4n) is 1.74. The lowest BCUT2D eigenvalue weighted by Gasteiger charge is -2.08. The molecule has 0 radical (unpaired) electrons. The minimum absolute atomic E-state index is 0.183. The molecule has 0 atom stereocenters. The summed E-state index contributed by atoms with van der Waals surface area (Å²) >= 11 is 5.08. The summed E-state index contributed by atoms with van der Waals surface area (Å²) < 4.78 is 6.19. The van der Waals surface area contributed by atoms with Crippen molar-refractivity contribution in [3.05, 3.63) is 44.6 Å². The van der Waals surface area contributed by atoms with E-state index in [1.807, 2.05) is 12.1 Å². The molecule has 0 unspecified atom stereocenters. The number of benzene rings is 1. The van der Waals surface area contributed by atoms with Crippen molar-refractivity contribution in [1.82, 2.24) is 5.32 Å². The van der Waals surface area contributed by atoms with Gasteiger partial charge >= 0.3 is 0 Å². The fourth-order valence-corrected chi connectivity index (χ4v) is 3.22. The Kier molecular flexibility index (Phi) is 5.03. The Bertz CT molecular complexity index is 613. The summed E-state index contributed by atoms with van der Waals surface area (Å²) in [6, 6.07) is 9.09. The molecule has 106 valence electrons. The summed E-state index contributed by atoms with van der Waals surface area (Å²) in [4.78, 5) is 13.3. The average molecular weight is 355 g/mol. The highest BCUT2D eigenvalue weighted by molar-refractivity contribution is 9.11. The maximum absolute atomic E-state index is 12.1. The van der Waals surface area contributed by atoms with Crippen LogP contribution >= 0.6 is 27.3 Å². The number of nitrogen functional groups attached to an aromatic ring is 1. The van der Waals surface area contributed by atoms with Crippen LogP contribution in [0, 0.1) is 0 Å². The van der Waals surface area contributed by atoms with E-state index in [0.29, 0.717) is 23.5 Å². The zero-order valence-electron chi connectivity index (χ0n) is 11.0. The first kappa shape index (κ1) is 14.9. The average Bonchev–Trinajstić information content (AvgIpc) is 2.85. The van der Waals surface area contributed by atoms with Crippen LogP contribution in [0.2, 0.25) is 0 Å². The SMILES string of the molecule is COc1ccc(N)c(C(=O)NCCc2ccc(Br)s2)c1. The van der Waals surface area contributed by atoms with Gasteiger partial charge in [0.1, 0.15) is 5.75 Å². The lowest BCUT2D eigenvalue weighted by Crippen LogP contribution is -2.26. The Labute approximate surface area is 130 Å². The molecule has 4 nitrogen and oxygen atoms in total.